The van der Waals surface area contributed by atoms with Crippen molar-refractivity contribution in [1.29, 1.82) is 0 Å². The number of ether oxygens (including phenoxy) is 1. The van der Waals surface area contributed by atoms with Crippen LogP contribution in [-0.4, -0.2) is 12.5 Å². The number of hydrogen-bond donors (Lipinski definition) is 2. The van der Waals surface area contributed by atoms with E-state index in [1.165, 1.54) is 0 Å². The summed E-state index contributed by atoms with van der Waals surface area (Å²) in [5.74, 6) is 0.914. The minimum absolute atomic E-state index is 0.0507. The quantitative estimate of drug-likeness (QED) is 0.787. The Morgan fingerprint density at radius 3 is 2.00 bits per heavy atom. The predicted octanol–water partition coefficient (Wildman–Crippen LogP) is 4.57. The Morgan fingerprint density at radius 2 is 1.45 bits per heavy atom. The molecule has 0 fully saturated rings. The van der Waals surface area contributed by atoms with Gasteiger partial charge in [0, 0.05) is 23.5 Å². The Morgan fingerprint density at radius 1 is 0.909 bits per heavy atom. The molecule has 0 atom stereocenters. The van der Waals surface area contributed by atoms with Crippen LogP contribution in [0.5, 0.6) is 5.75 Å². The minimum Gasteiger partial charge on any atom is -0.494 e. The van der Waals surface area contributed by atoms with Gasteiger partial charge in [0.25, 0.3) is 0 Å². The number of hydrogen-bond acceptors (Lipinski definition) is 3. The van der Waals surface area contributed by atoms with E-state index >= 15 is 0 Å². The van der Waals surface area contributed by atoms with Gasteiger partial charge in [0.15, 0.2) is 0 Å². The van der Waals surface area contributed by atoms with Crippen molar-refractivity contribution in [2.75, 3.05) is 17.2 Å². The Labute approximate surface area is 131 Å². The first kappa shape index (κ1) is 15.9. The summed E-state index contributed by atoms with van der Waals surface area (Å²) in [6.07, 6.45) is 1.40. The molecule has 0 saturated carbocycles. The molecule has 116 valence electrons. The van der Waals surface area contributed by atoms with Crippen molar-refractivity contribution < 1.29 is 9.53 Å². The summed E-state index contributed by atoms with van der Waals surface area (Å²) in [5, 5.41) is 6.18. The zero-order valence-electron chi connectivity index (χ0n) is 13.1. The molecule has 0 heterocycles. The van der Waals surface area contributed by atoms with Gasteiger partial charge in [0.05, 0.1) is 6.61 Å². The van der Waals surface area contributed by atoms with Crippen molar-refractivity contribution in [1.82, 2.24) is 0 Å². The monoisotopic (exact) mass is 298 g/mol. The highest BCUT2D eigenvalue weighted by molar-refractivity contribution is 5.90. The van der Waals surface area contributed by atoms with Gasteiger partial charge in [-0.15, -0.1) is 0 Å². The number of nitrogens with one attached hydrogen (secondary N) is 2. The fourth-order valence-electron chi connectivity index (χ4n) is 2.06. The predicted molar refractivity (Wildman–Crippen MR) is 90.9 cm³/mol. The third-order valence-corrected chi connectivity index (χ3v) is 3.10. The van der Waals surface area contributed by atoms with E-state index in [0.717, 1.165) is 29.2 Å². The van der Waals surface area contributed by atoms with E-state index < -0.39 is 0 Å². The molecule has 2 aromatic rings. The summed E-state index contributed by atoms with van der Waals surface area (Å²) < 4.78 is 5.42. The molecule has 0 aromatic heterocycles. The highest BCUT2D eigenvalue weighted by Gasteiger charge is 2.01. The maximum absolute atomic E-state index is 11.5. The smallest absolute Gasteiger partial charge is 0.224 e. The Hall–Kier alpha value is -2.49. The van der Waals surface area contributed by atoms with E-state index in [2.05, 4.69) is 10.6 Å². The number of carbonyl (C=O) groups excluding carboxylic acids is 1. The van der Waals surface area contributed by atoms with Gasteiger partial charge in [-0.05, 0) is 61.9 Å². The number of amides is 1. The molecule has 4 nitrogen and oxygen atoms in total. The summed E-state index contributed by atoms with van der Waals surface area (Å²) >= 11 is 0. The summed E-state index contributed by atoms with van der Waals surface area (Å²) in [6, 6.07) is 15.5. The van der Waals surface area contributed by atoms with Gasteiger partial charge < -0.3 is 15.4 Å². The highest BCUT2D eigenvalue weighted by atomic mass is 16.5. The van der Waals surface area contributed by atoms with E-state index in [1.54, 1.807) is 0 Å². The number of carbonyl (C=O) groups is 1. The van der Waals surface area contributed by atoms with Crippen molar-refractivity contribution in [2.24, 2.45) is 0 Å². The lowest BCUT2D eigenvalue weighted by atomic mass is 10.2. The van der Waals surface area contributed by atoms with Gasteiger partial charge in [-0.2, -0.15) is 0 Å². The second-order valence-electron chi connectivity index (χ2n) is 4.96. The molecule has 2 aromatic carbocycles. The lowest BCUT2D eigenvalue weighted by Crippen LogP contribution is -2.10. The molecule has 4 heteroatoms. The van der Waals surface area contributed by atoms with Crippen LogP contribution >= 0.6 is 0 Å². The molecule has 0 radical (unpaired) electrons. The van der Waals surface area contributed by atoms with Crippen molar-refractivity contribution in [3.63, 3.8) is 0 Å². The Bertz CT molecular complexity index is 591. The van der Waals surface area contributed by atoms with E-state index in [0.29, 0.717) is 13.0 Å². The van der Waals surface area contributed by atoms with Gasteiger partial charge in [-0.1, -0.05) is 6.92 Å². The van der Waals surface area contributed by atoms with Crippen LogP contribution in [0.25, 0.3) is 0 Å². The van der Waals surface area contributed by atoms with Gasteiger partial charge in [-0.3, -0.25) is 4.79 Å². The topological polar surface area (TPSA) is 50.4 Å². The molecule has 0 saturated heterocycles. The van der Waals surface area contributed by atoms with E-state index in [9.17, 15) is 4.79 Å². The average Bonchev–Trinajstić information content (AvgIpc) is 2.52. The van der Waals surface area contributed by atoms with Gasteiger partial charge >= 0.3 is 0 Å². The maximum Gasteiger partial charge on any atom is 0.224 e. The molecular formula is C18H22N2O2. The molecule has 0 aliphatic heterocycles. The van der Waals surface area contributed by atoms with Crippen LogP contribution in [-0.2, 0) is 4.79 Å². The summed E-state index contributed by atoms with van der Waals surface area (Å²) in [4.78, 5) is 11.5. The number of anilines is 3. The van der Waals surface area contributed by atoms with Crippen LogP contribution in [0, 0.1) is 0 Å². The fraction of sp³-hybridized carbons (Fsp3) is 0.278. The Balaban J connectivity index is 1.94. The van der Waals surface area contributed by atoms with Crippen LogP contribution < -0.4 is 15.4 Å². The SMILES string of the molecule is CCCC(=O)Nc1ccc(Nc2ccc(OCC)cc2)cc1. The summed E-state index contributed by atoms with van der Waals surface area (Å²) in [6.45, 7) is 4.62. The lowest BCUT2D eigenvalue weighted by molar-refractivity contribution is -0.116. The molecule has 2 N–H and O–H groups in total. The second kappa shape index (κ2) is 8.08. The van der Waals surface area contributed by atoms with E-state index in [4.69, 9.17) is 4.74 Å². The van der Waals surface area contributed by atoms with E-state index in [-0.39, 0.29) is 5.91 Å². The third kappa shape index (κ3) is 4.81. The maximum atomic E-state index is 11.5. The molecule has 0 unspecified atom stereocenters. The second-order valence-corrected chi connectivity index (χ2v) is 4.96. The van der Waals surface area contributed by atoms with Crippen molar-refractivity contribution in [3.8, 4) is 5.75 Å². The minimum atomic E-state index is 0.0507. The number of benzene rings is 2. The molecule has 22 heavy (non-hydrogen) atoms. The highest BCUT2D eigenvalue weighted by Crippen LogP contribution is 2.21. The van der Waals surface area contributed by atoms with Gasteiger partial charge in [0.2, 0.25) is 5.91 Å². The lowest BCUT2D eigenvalue weighted by Gasteiger charge is -2.09. The van der Waals surface area contributed by atoms with Crippen molar-refractivity contribution >= 4 is 23.0 Å². The van der Waals surface area contributed by atoms with Gasteiger partial charge in [0.1, 0.15) is 5.75 Å². The van der Waals surface area contributed by atoms with Gasteiger partial charge in [-0.25, -0.2) is 0 Å². The standard InChI is InChI=1S/C18H22N2O2/c1-3-5-18(21)20-16-8-6-14(7-9-16)19-15-10-12-17(13-11-15)22-4-2/h6-13,19H,3-5H2,1-2H3,(H,20,21). The molecule has 0 spiro atoms. The average molecular weight is 298 g/mol. The zero-order valence-corrected chi connectivity index (χ0v) is 13.1. The largest absolute Gasteiger partial charge is 0.494 e. The number of rotatable bonds is 7. The van der Waals surface area contributed by atoms with Crippen LogP contribution in [0.15, 0.2) is 48.5 Å². The first-order valence-electron chi connectivity index (χ1n) is 7.61. The normalized spacial score (nSPS) is 10.1. The van der Waals surface area contributed by atoms with Crippen molar-refractivity contribution in [2.45, 2.75) is 26.7 Å². The molecule has 0 aliphatic carbocycles. The van der Waals surface area contributed by atoms with Crippen molar-refractivity contribution in [3.05, 3.63) is 48.5 Å². The third-order valence-electron chi connectivity index (χ3n) is 3.10. The van der Waals surface area contributed by atoms with Crippen LogP contribution in [0.2, 0.25) is 0 Å². The first-order chi connectivity index (χ1) is 10.7. The molecule has 0 aliphatic rings. The Kier molecular flexibility index (Phi) is 5.83. The van der Waals surface area contributed by atoms with Crippen LogP contribution in [0.4, 0.5) is 17.1 Å². The first-order valence-corrected chi connectivity index (χ1v) is 7.61. The molecular weight excluding hydrogens is 276 g/mol. The summed E-state index contributed by atoms with van der Waals surface area (Å²) in [5.41, 5.74) is 2.78. The van der Waals surface area contributed by atoms with Crippen LogP contribution in [0.3, 0.4) is 0 Å². The van der Waals surface area contributed by atoms with Crippen LogP contribution in [0.1, 0.15) is 26.7 Å². The van der Waals surface area contributed by atoms with E-state index in [1.807, 2.05) is 62.4 Å². The molecule has 0 bridgehead atoms. The molecule has 2 rings (SSSR count). The molecule has 1 amide bonds. The zero-order chi connectivity index (χ0) is 15.8. The fourth-order valence-corrected chi connectivity index (χ4v) is 2.06. The summed E-state index contributed by atoms with van der Waals surface area (Å²) in [7, 11) is 0.